The van der Waals surface area contributed by atoms with Crippen molar-refractivity contribution in [2.45, 2.75) is 33.4 Å². The monoisotopic (exact) mass is 710 g/mol. The Morgan fingerprint density at radius 2 is 1.53 bits per heavy atom. The number of thiophene rings is 1. The Kier molecular flexibility index (Phi) is 7.51. The van der Waals surface area contributed by atoms with Gasteiger partial charge in [0.15, 0.2) is 0 Å². The Bertz CT molecular complexity index is 1760. The number of benzene rings is 3. The van der Waals surface area contributed by atoms with Gasteiger partial charge < -0.3 is 9.97 Å². The fourth-order valence-electron chi connectivity index (χ4n) is 4.27. The molecule has 6 rings (SSSR count). The number of pyridine rings is 2. The van der Waals surface area contributed by atoms with Gasteiger partial charge in [0.05, 0.1) is 0 Å². The molecule has 1 radical (unpaired) electrons. The molecule has 0 aliphatic rings. The van der Waals surface area contributed by atoms with E-state index in [4.69, 9.17) is 4.11 Å². The van der Waals surface area contributed by atoms with E-state index in [0.29, 0.717) is 0 Å². The second kappa shape index (κ2) is 11.8. The quantitative estimate of drug-likeness (QED) is 0.136. The number of hydrogen-bond acceptors (Lipinski definition) is 3. The van der Waals surface area contributed by atoms with Crippen molar-refractivity contribution in [2.75, 3.05) is 0 Å². The molecule has 0 aliphatic heterocycles. The number of hydrogen-bond donors (Lipinski definition) is 0. The average molecular weight is 710 g/mol. The van der Waals surface area contributed by atoms with Gasteiger partial charge in [0, 0.05) is 49.4 Å². The van der Waals surface area contributed by atoms with E-state index in [1.165, 1.54) is 37.1 Å². The maximum atomic E-state index is 7.23. The van der Waals surface area contributed by atoms with Gasteiger partial charge in [-0.1, -0.05) is 67.5 Å². The van der Waals surface area contributed by atoms with Crippen molar-refractivity contribution in [1.82, 2.24) is 9.97 Å². The zero-order valence-corrected chi connectivity index (χ0v) is 26.0. The Balaban J connectivity index is 0.000000200. The molecule has 0 unspecified atom stereocenters. The van der Waals surface area contributed by atoms with Crippen molar-refractivity contribution in [3.63, 3.8) is 0 Å². The zero-order valence-electron chi connectivity index (χ0n) is 24.8. The van der Waals surface area contributed by atoms with Crippen LogP contribution in [0.2, 0.25) is 19.6 Å². The van der Waals surface area contributed by atoms with E-state index < -0.39 is 14.9 Å². The molecule has 0 fully saturated rings. The van der Waals surface area contributed by atoms with Crippen LogP contribution in [0.3, 0.4) is 0 Å². The van der Waals surface area contributed by atoms with E-state index in [2.05, 4.69) is 91.1 Å². The van der Waals surface area contributed by atoms with Gasteiger partial charge >= 0.3 is 0 Å². The van der Waals surface area contributed by atoms with Crippen molar-refractivity contribution >= 4 is 44.8 Å². The fraction of sp³-hybridized carbons (Fsp3) is 0.152. The first-order valence-electron chi connectivity index (χ1n) is 13.8. The molecule has 6 aromatic rings. The summed E-state index contributed by atoms with van der Waals surface area (Å²) in [4.78, 5) is 8.77. The van der Waals surface area contributed by atoms with Crippen molar-refractivity contribution in [3.8, 4) is 22.5 Å². The van der Waals surface area contributed by atoms with Gasteiger partial charge in [-0.2, -0.15) is 11.3 Å². The van der Waals surface area contributed by atoms with E-state index >= 15 is 0 Å². The van der Waals surface area contributed by atoms with Crippen LogP contribution >= 0.6 is 11.3 Å². The number of nitrogens with zero attached hydrogens (tertiary/aromatic N) is 2. The summed E-state index contributed by atoms with van der Waals surface area (Å²) >= 11 is 1.87. The van der Waals surface area contributed by atoms with Gasteiger partial charge in [-0.05, 0) is 52.4 Å². The predicted octanol–water partition coefficient (Wildman–Crippen LogP) is 8.63. The molecule has 38 heavy (non-hydrogen) atoms. The number of rotatable bonds is 3. The first-order valence-corrected chi connectivity index (χ1v) is 16.6. The molecule has 0 saturated carbocycles. The second-order valence-electron chi connectivity index (χ2n) is 10.1. The van der Waals surface area contributed by atoms with E-state index in [-0.39, 0.29) is 25.7 Å². The smallest absolute Gasteiger partial charge is 0.0300 e. The van der Waals surface area contributed by atoms with Crippen LogP contribution in [-0.2, 0) is 20.1 Å². The molecule has 0 atom stereocenters. The summed E-state index contributed by atoms with van der Waals surface area (Å²) < 4.78 is 24.4. The van der Waals surface area contributed by atoms with Crippen LogP contribution in [0.25, 0.3) is 42.7 Å². The van der Waals surface area contributed by atoms with Crippen LogP contribution in [0.15, 0.2) is 91.3 Å². The van der Waals surface area contributed by atoms with E-state index in [9.17, 15) is 0 Å². The third-order valence-corrected chi connectivity index (χ3v) is 9.38. The number of aryl methyl sites for hydroxylation is 2. The minimum Gasteiger partial charge on any atom is -0.304 e. The van der Waals surface area contributed by atoms with Gasteiger partial charge in [-0.3, -0.25) is 0 Å². The third kappa shape index (κ3) is 6.03. The maximum Gasteiger partial charge on any atom is 0.0300 e. The summed E-state index contributed by atoms with van der Waals surface area (Å²) in [5, 5.41) is 4.29. The number of fused-ring (bicyclic) bond motifs is 3. The topological polar surface area (TPSA) is 25.8 Å². The molecule has 0 aliphatic carbocycles. The second-order valence-corrected chi connectivity index (χ2v) is 16.1. The van der Waals surface area contributed by atoms with Gasteiger partial charge in [0.2, 0.25) is 0 Å². The molecule has 0 spiro atoms. The first kappa shape index (κ1) is 24.1. The molecule has 3 heterocycles. The maximum absolute atomic E-state index is 7.23. The van der Waals surface area contributed by atoms with Crippen LogP contribution in [0.1, 0.15) is 15.2 Å². The Labute approximate surface area is 248 Å². The molecule has 0 amide bonds. The SMILES string of the molecule is Cc1ccc(-c2[c-]cc([Si](C)(C)C)c3c2sc2ccccc23)nc1.[2H]C([2H])([2H])c1ccc(-c2[c-]cccc2)nc1.[Ir]. The van der Waals surface area contributed by atoms with Crippen molar-refractivity contribution in [2.24, 2.45) is 0 Å². The molecule has 0 saturated heterocycles. The summed E-state index contributed by atoms with van der Waals surface area (Å²) in [6.07, 6.45) is 3.33. The zero-order chi connectivity index (χ0) is 28.5. The minimum atomic E-state index is -2.09. The van der Waals surface area contributed by atoms with E-state index in [1.54, 1.807) is 18.2 Å². The molecular weight excluding hydrogens is 677 g/mol. The predicted molar refractivity (Wildman–Crippen MR) is 162 cm³/mol. The summed E-state index contributed by atoms with van der Waals surface area (Å²) in [7, 11) is -1.46. The molecule has 0 N–H and O–H groups in total. The van der Waals surface area contributed by atoms with Crippen LogP contribution in [-0.4, -0.2) is 18.0 Å². The minimum absolute atomic E-state index is 0. The van der Waals surface area contributed by atoms with Gasteiger partial charge in [-0.25, -0.2) is 0 Å². The van der Waals surface area contributed by atoms with Gasteiger partial charge in [0.1, 0.15) is 0 Å². The van der Waals surface area contributed by atoms with Crippen LogP contribution in [0, 0.1) is 25.9 Å². The molecule has 2 nitrogen and oxygen atoms in total. The van der Waals surface area contributed by atoms with Crippen LogP contribution in [0.4, 0.5) is 0 Å². The van der Waals surface area contributed by atoms with Crippen molar-refractivity contribution < 1.29 is 24.2 Å². The fourth-order valence-corrected chi connectivity index (χ4v) is 7.11. The third-order valence-electron chi connectivity index (χ3n) is 6.18. The summed E-state index contributed by atoms with van der Waals surface area (Å²) in [6.45, 7) is 7.21. The summed E-state index contributed by atoms with van der Waals surface area (Å²) in [5.74, 6) is 0. The Morgan fingerprint density at radius 3 is 2.18 bits per heavy atom. The summed E-state index contributed by atoms with van der Waals surface area (Å²) in [5.41, 5.74) is 5.18. The largest absolute Gasteiger partial charge is 0.304 e. The van der Waals surface area contributed by atoms with Gasteiger partial charge in [-0.15, -0.1) is 58.8 Å². The van der Waals surface area contributed by atoms with Crippen molar-refractivity contribution in [1.29, 1.82) is 0 Å². The van der Waals surface area contributed by atoms with Crippen molar-refractivity contribution in [3.05, 3.63) is 115 Å². The number of aromatic nitrogens is 2. The molecule has 3 aromatic heterocycles. The molecule has 0 bridgehead atoms. The molecule has 193 valence electrons. The Morgan fingerprint density at radius 1 is 0.816 bits per heavy atom. The normalized spacial score (nSPS) is 12.6. The van der Waals surface area contributed by atoms with Crippen LogP contribution < -0.4 is 5.19 Å². The first-order chi connectivity index (χ1) is 19.0. The Hall–Kier alpha value is -2.95. The average Bonchev–Trinajstić information content (AvgIpc) is 3.33. The molecule has 3 aromatic carbocycles. The van der Waals surface area contributed by atoms with E-state index in [1.807, 2.05) is 35.7 Å². The molecule has 5 heteroatoms. The molecular formula is C33H30IrN2SSi-2. The van der Waals surface area contributed by atoms with Gasteiger partial charge in [0.25, 0.3) is 0 Å². The summed E-state index contributed by atoms with van der Waals surface area (Å²) in [6, 6.07) is 32.5. The van der Waals surface area contributed by atoms with E-state index in [0.717, 1.165) is 22.5 Å². The standard InChI is InChI=1S/C21H20NSSi.C12H10N.Ir/c1-14-9-11-17(22-13-14)15-10-12-19(24(2,3)4)20-16-7-5-6-8-18(16)23-21(15)20;1-10-7-8-12(13-9-10)11-5-3-2-4-6-11;/h5-9,11-13H,1-4H3;2-5,7-9H,1H3;/q2*-1;/i;1D3;. The van der Waals surface area contributed by atoms with Crippen LogP contribution in [0.5, 0.6) is 0 Å².